The molecule has 1 saturated heterocycles. The molecule has 0 bridgehead atoms. The highest BCUT2D eigenvalue weighted by molar-refractivity contribution is 5.92. The Morgan fingerprint density at radius 1 is 1.16 bits per heavy atom. The van der Waals surface area contributed by atoms with Gasteiger partial charge in [-0.2, -0.15) is 0 Å². The van der Waals surface area contributed by atoms with Crippen LogP contribution in [0.4, 0.5) is 4.39 Å². The summed E-state index contributed by atoms with van der Waals surface area (Å²) < 4.78 is 18.1. The van der Waals surface area contributed by atoms with Crippen molar-refractivity contribution in [3.8, 4) is 0 Å². The zero-order chi connectivity index (χ0) is 17.8. The van der Waals surface area contributed by atoms with Crippen LogP contribution in [0.5, 0.6) is 0 Å². The molecule has 3 rings (SSSR count). The van der Waals surface area contributed by atoms with E-state index in [1.165, 1.54) is 12.1 Å². The SMILES string of the molecule is Cc1cc(C(=O)N2CCN(C(=O)CCc3cccc(F)c3)CC2)no1. The fraction of sp³-hybridized carbons (Fsp3) is 0.389. The second-order valence-corrected chi connectivity index (χ2v) is 6.13. The third-order valence-corrected chi connectivity index (χ3v) is 4.28. The van der Waals surface area contributed by atoms with Crippen LogP contribution in [0.3, 0.4) is 0 Å². The van der Waals surface area contributed by atoms with E-state index in [1.807, 2.05) is 6.07 Å². The molecule has 2 aromatic rings. The van der Waals surface area contributed by atoms with Crippen LogP contribution in [0.1, 0.15) is 28.2 Å². The number of halogens is 1. The van der Waals surface area contributed by atoms with Crippen molar-refractivity contribution in [3.05, 3.63) is 53.2 Å². The molecule has 1 aromatic carbocycles. The summed E-state index contributed by atoms with van der Waals surface area (Å²) in [5.41, 5.74) is 1.10. The summed E-state index contributed by atoms with van der Waals surface area (Å²) in [6, 6.07) is 7.90. The number of hydrogen-bond donors (Lipinski definition) is 0. The molecule has 6 nitrogen and oxygen atoms in total. The van der Waals surface area contributed by atoms with Crippen molar-refractivity contribution in [1.29, 1.82) is 0 Å². The summed E-state index contributed by atoms with van der Waals surface area (Å²) in [7, 11) is 0. The van der Waals surface area contributed by atoms with Crippen LogP contribution in [0.15, 0.2) is 34.9 Å². The Kier molecular flexibility index (Phi) is 5.11. The van der Waals surface area contributed by atoms with E-state index >= 15 is 0 Å². The molecule has 0 spiro atoms. The molecular weight excluding hydrogens is 325 g/mol. The average molecular weight is 345 g/mol. The summed E-state index contributed by atoms with van der Waals surface area (Å²) >= 11 is 0. The zero-order valence-electron chi connectivity index (χ0n) is 14.1. The normalized spacial score (nSPS) is 14.6. The molecule has 1 fully saturated rings. The van der Waals surface area contributed by atoms with Crippen molar-refractivity contribution in [2.45, 2.75) is 19.8 Å². The molecule has 0 radical (unpaired) electrons. The summed E-state index contributed by atoms with van der Waals surface area (Å²) in [6.45, 7) is 3.65. The third-order valence-electron chi connectivity index (χ3n) is 4.28. The van der Waals surface area contributed by atoms with Crippen molar-refractivity contribution in [1.82, 2.24) is 15.0 Å². The topological polar surface area (TPSA) is 66.7 Å². The number of nitrogens with zero attached hydrogens (tertiary/aromatic N) is 3. The molecule has 1 aromatic heterocycles. The Morgan fingerprint density at radius 3 is 2.52 bits per heavy atom. The zero-order valence-corrected chi connectivity index (χ0v) is 14.1. The van der Waals surface area contributed by atoms with E-state index in [0.717, 1.165) is 5.56 Å². The Hall–Kier alpha value is -2.70. The molecule has 0 saturated carbocycles. The first-order valence-corrected chi connectivity index (χ1v) is 8.28. The van der Waals surface area contributed by atoms with Crippen LogP contribution in [0, 0.1) is 12.7 Å². The molecule has 1 aliphatic heterocycles. The summed E-state index contributed by atoms with van der Waals surface area (Å²) in [5.74, 6) is 0.145. The number of aromatic nitrogens is 1. The van der Waals surface area contributed by atoms with Crippen LogP contribution in [0.25, 0.3) is 0 Å². The van der Waals surface area contributed by atoms with E-state index in [1.54, 1.807) is 28.9 Å². The monoisotopic (exact) mass is 345 g/mol. The van der Waals surface area contributed by atoms with Gasteiger partial charge in [0.05, 0.1) is 0 Å². The van der Waals surface area contributed by atoms with Gasteiger partial charge in [0.25, 0.3) is 5.91 Å². The van der Waals surface area contributed by atoms with Gasteiger partial charge in [0.15, 0.2) is 5.69 Å². The number of hydrogen-bond acceptors (Lipinski definition) is 4. The average Bonchev–Trinajstić information content (AvgIpc) is 3.06. The molecule has 132 valence electrons. The molecule has 7 heteroatoms. The molecule has 1 aliphatic rings. The lowest BCUT2D eigenvalue weighted by molar-refractivity contribution is -0.132. The quantitative estimate of drug-likeness (QED) is 0.850. The lowest BCUT2D eigenvalue weighted by Gasteiger charge is -2.34. The number of carbonyl (C=O) groups is 2. The maximum Gasteiger partial charge on any atom is 0.276 e. The predicted octanol–water partition coefficient (Wildman–Crippen LogP) is 2.04. The van der Waals surface area contributed by atoms with Gasteiger partial charge in [-0.1, -0.05) is 17.3 Å². The van der Waals surface area contributed by atoms with Crippen LogP contribution < -0.4 is 0 Å². The predicted molar refractivity (Wildman–Crippen MR) is 88.4 cm³/mol. The van der Waals surface area contributed by atoms with Crippen LogP contribution in [0.2, 0.25) is 0 Å². The van der Waals surface area contributed by atoms with Gasteiger partial charge in [0.2, 0.25) is 5.91 Å². The molecule has 0 aliphatic carbocycles. The number of amides is 2. The molecule has 0 N–H and O–H groups in total. The highest BCUT2D eigenvalue weighted by atomic mass is 19.1. The van der Waals surface area contributed by atoms with Gasteiger partial charge in [0, 0.05) is 38.7 Å². The molecule has 2 amide bonds. The van der Waals surface area contributed by atoms with E-state index in [0.29, 0.717) is 50.5 Å². The van der Waals surface area contributed by atoms with Crippen LogP contribution >= 0.6 is 0 Å². The Balaban J connectivity index is 1.48. The van der Waals surface area contributed by atoms with Gasteiger partial charge >= 0.3 is 0 Å². The lowest BCUT2D eigenvalue weighted by atomic mass is 10.1. The number of piperazine rings is 1. The van der Waals surface area contributed by atoms with Gasteiger partial charge in [-0.15, -0.1) is 0 Å². The van der Waals surface area contributed by atoms with Gasteiger partial charge in [-0.3, -0.25) is 9.59 Å². The van der Waals surface area contributed by atoms with Crippen molar-refractivity contribution in [2.75, 3.05) is 26.2 Å². The van der Waals surface area contributed by atoms with Crippen molar-refractivity contribution in [3.63, 3.8) is 0 Å². The summed E-state index contributed by atoms with van der Waals surface area (Å²) in [5, 5.41) is 3.74. The Labute approximate surface area is 145 Å². The second kappa shape index (κ2) is 7.46. The largest absolute Gasteiger partial charge is 0.361 e. The fourth-order valence-corrected chi connectivity index (χ4v) is 2.89. The van der Waals surface area contributed by atoms with Crippen molar-refractivity contribution >= 4 is 11.8 Å². The first kappa shape index (κ1) is 17.1. The van der Waals surface area contributed by atoms with Crippen molar-refractivity contribution < 1.29 is 18.5 Å². The van der Waals surface area contributed by atoms with Crippen molar-refractivity contribution in [2.24, 2.45) is 0 Å². The smallest absolute Gasteiger partial charge is 0.276 e. The first-order valence-electron chi connectivity index (χ1n) is 8.28. The standard InChI is InChI=1S/C18H20FN3O3/c1-13-11-16(20-25-13)18(24)22-9-7-21(8-10-22)17(23)6-5-14-3-2-4-15(19)12-14/h2-4,11-12H,5-10H2,1H3. The number of aryl methyl sites for hydroxylation is 2. The van der Waals surface area contributed by atoms with Gasteiger partial charge in [-0.25, -0.2) is 4.39 Å². The molecular formula is C18H20FN3O3. The van der Waals surface area contributed by atoms with E-state index in [2.05, 4.69) is 5.16 Å². The highest BCUT2D eigenvalue weighted by Crippen LogP contribution is 2.12. The summed E-state index contributed by atoms with van der Waals surface area (Å²) in [4.78, 5) is 28.0. The number of benzene rings is 1. The minimum Gasteiger partial charge on any atom is -0.361 e. The fourth-order valence-electron chi connectivity index (χ4n) is 2.89. The minimum atomic E-state index is -0.292. The van der Waals surface area contributed by atoms with E-state index < -0.39 is 0 Å². The van der Waals surface area contributed by atoms with Crippen LogP contribution in [-0.2, 0) is 11.2 Å². The third kappa shape index (κ3) is 4.23. The van der Waals surface area contributed by atoms with Gasteiger partial charge < -0.3 is 14.3 Å². The van der Waals surface area contributed by atoms with Gasteiger partial charge in [0.1, 0.15) is 11.6 Å². The molecule has 0 atom stereocenters. The summed E-state index contributed by atoms with van der Waals surface area (Å²) in [6.07, 6.45) is 0.841. The molecule has 25 heavy (non-hydrogen) atoms. The number of carbonyl (C=O) groups excluding carboxylic acids is 2. The van der Waals surface area contributed by atoms with E-state index in [4.69, 9.17) is 4.52 Å². The maximum absolute atomic E-state index is 13.2. The van der Waals surface area contributed by atoms with E-state index in [-0.39, 0.29) is 17.6 Å². The second-order valence-electron chi connectivity index (χ2n) is 6.13. The first-order chi connectivity index (χ1) is 12.0. The highest BCUT2D eigenvalue weighted by Gasteiger charge is 2.26. The minimum absolute atomic E-state index is 0.0219. The number of rotatable bonds is 4. The maximum atomic E-state index is 13.2. The Morgan fingerprint density at radius 2 is 1.88 bits per heavy atom. The van der Waals surface area contributed by atoms with Gasteiger partial charge in [-0.05, 0) is 31.0 Å². The van der Waals surface area contributed by atoms with E-state index in [9.17, 15) is 14.0 Å². The molecule has 2 heterocycles. The Bertz CT molecular complexity index is 766. The lowest BCUT2D eigenvalue weighted by Crippen LogP contribution is -2.50. The van der Waals surface area contributed by atoms with Crippen LogP contribution in [-0.4, -0.2) is 52.9 Å². The molecule has 0 unspecified atom stereocenters.